The Morgan fingerprint density at radius 1 is 1.43 bits per heavy atom. The molecule has 0 aliphatic carbocycles. The van der Waals surface area contributed by atoms with Crippen molar-refractivity contribution in [2.24, 2.45) is 0 Å². The summed E-state index contributed by atoms with van der Waals surface area (Å²) in [5, 5.41) is 7.21. The number of hydrogen-bond acceptors (Lipinski definition) is 1. The van der Waals surface area contributed by atoms with E-state index in [9.17, 15) is 0 Å². The van der Waals surface area contributed by atoms with Crippen LogP contribution < -0.4 is 15.5 Å². The normalized spacial score (nSPS) is 21.8. The topological polar surface area (TPSA) is 28.5 Å². The number of likely N-dealkylation sites (tertiary alicyclic amines) is 1. The summed E-state index contributed by atoms with van der Waals surface area (Å²) in [6.07, 6.45) is 5.34. The number of nitrogens with one attached hydrogen (secondary N) is 3. The summed E-state index contributed by atoms with van der Waals surface area (Å²) in [6.45, 7) is 5.90. The van der Waals surface area contributed by atoms with Crippen LogP contribution in [-0.2, 0) is 0 Å². The monoisotopic (exact) mass is 370 g/mol. The quantitative estimate of drug-likeness (QED) is 0.549. The third-order valence-corrected chi connectivity index (χ3v) is 4.86. The van der Waals surface area contributed by atoms with Crippen molar-refractivity contribution in [2.45, 2.75) is 38.6 Å². The van der Waals surface area contributed by atoms with Gasteiger partial charge in [0.2, 0.25) is 0 Å². The van der Waals surface area contributed by atoms with E-state index in [0.717, 1.165) is 22.7 Å². The van der Waals surface area contributed by atoms with Crippen LogP contribution in [0.2, 0.25) is 0 Å². The number of thiocarbonyl (C=S) groups is 1. The van der Waals surface area contributed by atoms with E-state index in [1.165, 1.54) is 38.8 Å². The summed E-state index contributed by atoms with van der Waals surface area (Å²) in [6, 6.07) is 8.86. The van der Waals surface area contributed by atoms with Crippen molar-refractivity contribution < 1.29 is 4.90 Å². The number of anilines is 1. The Kier molecular flexibility index (Phi) is 6.93. The van der Waals surface area contributed by atoms with Gasteiger partial charge in [0.1, 0.15) is 0 Å². The van der Waals surface area contributed by atoms with Gasteiger partial charge >= 0.3 is 0 Å². The first-order valence-electron chi connectivity index (χ1n) is 7.80. The molecule has 3 N–H and O–H groups in total. The summed E-state index contributed by atoms with van der Waals surface area (Å²) in [7, 11) is 0. The Morgan fingerprint density at radius 2 is 2.29 bits per heavy atom. The minimum absolute atomic E-state index is 0.704. The van der Waals surface area contributed by atoms with Crippen molar-refractivity contribution in [3.8, 4) is 0 Å². The number of piperidine rings is 1. The Morgan fingerprint density at radius 3 is 3.05 bits per heavy atom. The van der Waals surface area contributed by atoms with Gasteiger partial charge in [-0.25, -0.2) is 0 Å². The van der Waals surface area contributed by atoms with Gasteiger partial charge in [-0.05, 0) is 56.6 Å². The standard InChI is InChI=1S/C16H24BrN3S/c1-13-6-2-3-10-20(13)11-5-9-18-16(21)19-15-8-4-7-14(17)12-15/h4,7-8,12-13H,2-3,5-6,9-11H2,1H3,(H2,18,19,21)/p+1/t13-/m1/s1. The van der Waals surface area contributed by atoms with Crippen LogP contribution in [0.5, 0.6) is 0 Å². The molecule has 1 aromatic rings. The number of rotatable bonds is 5. The van der Waals surface area contributed by atoms with Crippen LogP contribution in [0.3, 0.4) is 0 Å². The maximum Gasteiger partial charge on any atom is 0.170 e. The third-order valence-electron chi connectivity index (χ3n) is 4.12. The molecule has 1 fully saturated rings. The third kappa shape index (κ3) is 5.93. The SMILES string of the molecule is C[C@@H]1CCCC[NH+]1CCCNC(=S)Nc1cccc(Br)c1. The molecule has 1 aliphatic rings. The van der Waals surface area contributed by atoms with Crippen molar-refractivity contribution in [2.75, 3.05) is 25.0 Å². The molecule has 0 radical (unpaired) electrons. The predicted molar refractivity (Wildman–Crippen MR) is 97.0 cm³/mol. The molecule has 2 atom stereocenters. The van der Waals surface area contributed by atoms with Crippen molar-refractivity contribution in [1.82, 2.24) is 5.32 Å². The molecule has 1 unspecified atom stereocenters. The average molecular weight is 371 g/mol. The molecule has 1 heterocycles. The molecule has 116 valence electrons. The zero-order valence-corrected chi connectivity index (χ0v) is 15.0. The van der Waals surface area contributed by atoms with Crippen LogP contribution in [0, 0.1) is 0 Å². The molecule has 2 rings (SSSR count). The highest BCUT2D eigenvalue weighted by Crippen LogP contribution is 2.15. The van der Waals surface area contributed by atoms with Gasteiger partial charge in [0.15, 0.2) is 5.11 Å². The molecule has 0 spiro atoms. The molecule has 0 amide bonds. The van der Waals surface area contributed by atoms with Crippen LogP contribution in [0.4, 0.5) is 5.69 Å². The zero-order chi connectivity index (χ0) is 15.1. The lowest BCUT2D eigenvalue weighted by molar-refractivity contribution is -0.928. The summed E-state index contributed by atoms with van der Waals surface area (Å²) >= 11 is 8.79. The summed E-state index contributed by atoms with van der Waals surface area (Å²) in [4.78, 5) is 1.76. The van der Waals surface area contributed by atoms with Crippen LogP contribution >= 0.6 is 28.1 Å². The summed E-state index contributed by atoms with van der Waals surface area (Å²) in [5.74, 6) is 0. The first-order valence-corrected chi connectivity index (χ1v) is 9.00. The van der Waals surface area contributed by atoms with E-state index in [4.69, 9.17) is 12.2 Å². The van der Waals surface area contributed by atoms with Gasteiger partial charge in [0, 0.05) is 23.1 Å². The van der Waals surface area contributed by atoms with E-state index in [1.807, 2.05) is 24.3 Å². The van der Waals surface area contributed by atoms with Gasteiger partial charge in [-0.1, -0.05) is 22.0 Å². The molecule has 0 bridgehead atoms. The zero-order valence-electron chi connectivity index (χ0n) is 12.6. The maximum absolute atomic E-state index is 5.33. The highest BCUT2D eigenvalue weighted by Gasteiger charge is 2.20. The molecule has 5 heteroatoms. The smallest absolute Gasteiger partial charge is 0.170 e. The van der Waals surface area contributed by atoms with Gasteiger partial charge in [0.25, 0.3) is 0 Å². The predicted octanol–water partition coefficient (Wildman–Crippen LogP) is 2.58. The van der Waals surface area contributed by atoms with Gasteiger partial charge < -0.3 is 15.5 Å². The maximum atomic E-state index is 5.33. The highest BCUT2D eigenvalue weighted by molar-refractivity contribution is 9.10. The Labute approximate surface area is 141 Å². The van der Waals surface area contributed by atoms with E-state index >= 15 is 0 Å². The lowest BCUT2D eigenvalue weighted by Gasteiger charge is -2.30. The second kappa shape index (κ2) is 8.71. The van der Waals surface area contributed by atoms with Crippen LogP contribution in [-0.4, -0.2) is 30.8 Å². The van der Waals surface area contributed by atoms with Gasteiger partial charge in [-0.3, -0.25) is 0 Å². The molecular weight excluding hydrogens is 346 g/mol. The molecule has 3 nitrogen and oxygen atoms in total. The Hall–Kier alpha value is -0.650. The lowest BCUT2D eigenvalue weighted by Crippen LogP contribution is -3.16. The Balaban J connectivity index is 1.63. The summed E-state index contributed by atoms with van der Waals surface area (Å²) in [5.41, 5.74) is 1.01. The van der Waals surface area contributed by atoms with E-state index in [1.54, 1.807) is 4.90 Å². The van der Waals surface area contributed by atoms with Gasteiger partial charge in [0.05, 0.1) is 19.1 Å². The van der Waals surface area contributed by atoms with Crippen molar-refractivity contribution in [3.63, 3.8) is 0 Å². The van der Waals surface area contributed by atoms with Crippen LogP contribution in [0.1, 0.15) is 32.6 Å². The van der Waals surface area contributed by atoms with Crippen molar-refractivity contribution in [3.05, 3.63) is 28.7 Å². The van der Waals surface area contributed by atoms with Crippen molar-refractivity contribution in [1.29, 1.82) is 0 Å². The van der Waals surface area contributed by atoms with E-state index in [0.29, 0.717) is 5.11 Å². The molecule has 1 saturated heterocycles. The molecular formula is C16H25BrN3S+. The fraction of sp³-hybridized carbons (Fsp3) is 0.562. The van der Waals surface area contributed by atoms with Gasteiger partial charge in [-0.2, -0.15) is 0 Å². The largest absolute Gasteiger partial charge is 0.362 e. The van der Waals surface area contributed by atoms with E-state index in [-0.39, 0.29) is 0 Å². The van der Waals surface area contributed by atoms with E-state index in [2.05, 4.69) is 33.5 Å². The minimum atomic E-state index is 0.704. The van der Waals surface area contributed by atoms with Crippen LogP contribution in [0.25, 0.3) is 0 Å². The first-order chi connectivity index (χ1) is 10.1. The second-order valence-corrected chi connectivity index (χ2v) is 7.12. The average Bonchev–Trinajstić information content (AvgIpc) is 2.45. The second-order valence-electron chi connectivity index (χ2n) is 5.80. The fourth-order valence-corrected chi connectivity index (χ4v) is 3.50. The van der Waals surface area contributed by atoms with Gasteiger partial charge in [-0.15, -0.1) is 0 Å². The number of quaternary nitrogens is 1. The highest BCUT2D eigenvalue weighted by atomic mass is 79.9. The molecule has 1 aliphatic heterocycles. The lowest BCUT2D eigenvalue weighted by atomic mass is 10.0. The number of halogens is 1. The number of hydrogen-bond donors (Lipinski definition) is 3. The first kappa shape index (κ1) is 16.7. The minimum Gasteiger partial charge on any atom is -0.362 e. The Bertz CT molecular complexity index is 467. The molecule has 0 aromatic heterocycles. The summed E-state index contributed by atoms with van der Waals surface area (Å²) < 4.78 is 1.05. The fourth-order valence-electron chi connectivity index (χ4n) is 2.88. The molecule has 0 saturated carbocycles. The molecule has 21 heavy (non-hydrogen) atoms. The van der Waals surface area contributed by atoms with E-state index < -0.39 is 0 Å². The van der Waals surface area contributed by atoms with Crippen molar-refractivity contribution >= 4 is 38.9 Å². The van der Waals surface area contributed by atoms with Crippen LogP contribution in [0.15, 0.2) is 28.7 Å². The molecule has 1 aromatic carbocycles. The number of benzene rings is 1.